The highest BCUT2D eigenvalue weighted by Gasteiger charge is 1.99. The van der Waals surface area contributed by atoms with E-state index in [-0.39, 0.29) is 6.10 Å². The summed E-state index contributed by atoms with van der Waals surface area (Å²) in [5, 5.41) is 12.7. The monoisotopic (exact) mass is 237 g/mol. The molecule has 3 heteroatoms. The first-order chi connectivity index (χ1) is 8.26. The lowest BCUT2D eigenvalue weighted by molar-refractivity contribution is 0.159. The van der Waals surface area contributed by atoms with Gasteiger partial charge >= 0.3 is 0 Å². The SMILES string of the molecule is CCOc1ccc(CNCCC(O)CC)cc1. The highest BCUT2D eigenvalue weighted by molar-refractivity contribution is 5.27. The van der Waals surface area contributed by atoms with Crippen molar-refractivity contribution in [2.75, 3.05) is 13.2 Å². The van der Waals surface area contributed by atoms with Gasteiger partial charge in [-0.25, -0.2) is 0 Å². The minimum absolute atomic E-state index is 0.178. The minimum Gasteiger partial charge on any atom is -0.494 e. The van der Waals surface area contributed by atoms with Crippen LogP contribution >= 0.6 is 0 Å². The van der Waals surface area contributed by atoms with Crippen LogP contribution in [0.25, 0.3) is 0 Å². The van der Waals surface area contributed by atoms with E-state index in [4.69, 9.17) is 4.74 Å². The van der Waals surface area contributed by atoms with Gasteiger partial charge in [0, 0.05) is 6.54 Å². The summed E-state index contributed by atoms with van der Waals surface area (Å²) in [6, 6.07) is 8.10. The Morgan fingerprint density at radius 3 is 2.53 bits per heavy atom. The zero-order valence-corrected chi connectivity index (χ0v) is 10.8. The summed E-state index contributed by atoms with van der Waals surface area (Å²) < 4.78 is 5.38. The van der Waals surface area contributed by atoms with Crippen LogP contribution in [0.3, 0.4) is 0 Å². The third-order valence-corrected chi connectivity index (χ3v) is 2.69. The fourth-order valence-electron chi connectivity index (χ4n) is 1.58. The van der Waals surface area contributed by atoms with Crippen LogP contribution in [0, 0.1) is 0 Å². The maximum absolute atomic E-state index is 9.39. The van der Waals surface area contributed by atoms with Gasteiger partial charge in [0.2, 0.25) is 0 Å². The Labute approximate surface area is 104 Å². The van der Waals surface area contributed by atoms with Gasteiger partial charge in [0.25, 0.3) is 0 Å². The smallest absolute Gasteiger partial charge is 0.119 e. The molecule has 0 fully saturated rings. The summed E-state index contributed by atoms with van der Waals surface area (Å²) in [6.07, 6.45) is 1.46. The summed E-state index contributed by atoms with van der Waals surface area (Å²) in [4.78, 5) is 0. The number of rotatable bonds is 8. The van der Waals surface area contributed by atoms with E-state index >= 15 is 0 Å². The van der Waals surface area contributed by atoms with Gasteiger partial charge in [-0.1, -0.05) is 19.1 Å². The molecule has 0 saturated carbocycles. The molecule has 0 radical (unpaired) electrons. The predicted octanol–water partition coefficient (Wildman–Crippen LogP) is 2.34. The summed E-state index contributed by atoms with van der Waals surface area (Å²) in [5.74, 6) is 0.914. The molecule has 1 aromatic carbocycles. The van der Waals surface area contributed by atoms with Crippen LogP contribution in [-0.2, 0) is 6.54 Å². The minimum atomic E-state index is -0.178. The van der Waals surface area contributed by atoms with Crippen LogP contribution in [0.4, 0.5) is 0 Å². The van der Waals surface area contributed by atoms with E-state index in [1.165, 1.54) is 5.56 Å². The van der Waals surface area contributed by atoms with Crippen molar-refractivity contribution >= 4 is 0 Å². The van der Waals surface area contributed by atoms with Crippen LogP contribution in [0.2, 0.25) is 0 Å². The average Bonchev–Trinajstić information content (AvgIpc) is 2.36. The van der Waals surface area contributed by atoms with Crippen LogP contribution in [-0.4, -0.2) is 24.4 Å². The quantitative estimate of drug-likeness (QED) is 0.682. The van der Waals surface area contributed by atoms with Crippen molar-refractivity contribution < 1.29 is 9.84 Å². The van der Waals surface area contributed by atoms with Crippen LogP contribution < -0.4 is 10.1 Å². The van der Waals surface area contributed by atoms with Crippen molar-refractivity contribution in [3.63, 3.8) is 0 Å². The van der Waals surface area contributed by atoms with Gasteiger partial charge in [-0.2, -0.15) is 0 Å². The van der Waals surface area contributed by atoms with Crippen molar-refractivity contribution in [2.45, 2.75) is 39.3 Å². The molecule has 3 nitrogen and oxygen atoms in total. The van der Waals surface area contributed by atoms with E-state index in [0.29, 0.717) is 6.61 Å². The van der Waals surface area contributed by atoms with Crippen molar-refractivity contribution in [1.82, 2.24) is 5.32 Å². The van der Waals surface area contributed by atoms with E-state index < -0.39 is 0 Å². The van der Waals surface area contributed by atoms with E-state index in [1.807, 2.05) is 26.0 Å². The second-order valence-corrected chi connectivity index (χ2v) is 4.10. The maximum Gasteiger partial charge on any atom is 0.119 e. The van der Waals surface area contributed by atoms with E-state index in [2.05, 4.69) is 17.4 Å². The first-order valence-corrected chi connectivity index (χ1v) is 6.36. The maximum atomic E-state index is 9.39. The predicted molar refractivity (Wildman–Crippen MR) is 70.2 cm³/mol. The zero-order chi connectivity index (χ0) is 12.5. The topological polar surface area (TPSA) is 41.5 Å². The Bertz CT molecular complexity index is 298. The molecule has 1 atom stereocenters. The molecule has 0 spiro atoms. The molecule has 1 rings (SSSR count). The van der Waals surface area contributed by atoms with Crippen molar-refractivity contribution in [3.8, 4) is 5.75 Å². The van der Waals surface area contributed by atoms with Gasteiger partial charge in [-0.05, 0) is 44.0 Å². The number of benzene rings is 1. The second-order valence-electron chi connectivity index (χ2n) is 4.10. The largest absolute Gasteiger partial charge is 0.494 e. The van der Waals surface area contributed by atoms with Gasteiger partial charge in [0.15, 0.2) is 0 Å². The van der Waals surface area contributed by atoms with Crippen molar-refractivity contribution in [2.24, 2.45) is 0 Å². The fourth-order valence-corrected chi connectivity index (χ4v) is 1.58. The van der Waals surface area contributed by atoms with Crippen LogP contribution in [0.1, 0.15) is 32.3 Å². The highest BCUT2D eigenvalue weighted by Crippen LogP contribution is 2.11. The van der Waals surface area contributed by atoms with Gasteiger partial charge in [-0.15, -0.1) is 0 Å². The molecule has 0 amide bonds. The number of aliphatic hydroxyl groups is 1. The lowest BCUT2D eigenvalue weighted by Gasteiger charge is -2.09. The molecule has 0 aliphatic rings. The zero-order valence-electron chi connectivity index (χ0n) is 10.8. The molecule has 96 valence electrons. The molecule has 17 heavy (non-hydrogen) atoms. The summed E-state index contributed by atoms with van der Waals surface area (Å²) in [5.41, 5.74) is 1.24. The average molecular weight is 237 g/mol. The molecule has 0 saturated heterocycles. The summed E-state index contributed by atoms with van der Waals surface area (Å²) in [6.45, 7) is 6.36. The first kappa shape index (κ1) is 14.0. The van der Waals surface area contributed by atoms with E-state index in [0.717, 1.165) is 31.7 Å². The molecular weight excluding hydrogens is 214 g/mol. The normalized spacial score (nSPS) is 12.4. The Kier molecular flexibility index (Phi) is 6.67. The molecule has 1 unspecified atom stereocenters. The first-order valence-electron chi connectivity index (χ1n) is 6.36. The molecule has 0 aromatic heterocycles. The standard InChI is InChI=1S/C14H23NO2/c1-3-13(16)9-10-15-11-12-5-7-14(8-6-12)17-4-2/h5-8,13,15-16H,3-4,9-11H2,1-2H3. The third kappa shape index (κ3) is 5.71. The molecule has 2 N–H and O–H groups in total. The van der Waals surface area contributed by atoms with E-state index in [1.54, 1.807) is 0 Å². The third-order valence-electron chi connectivity index (χ3n) is 2.69. The van der Waals surface area contributed by atoms with Crippen LogP contribution in [0.5, 0.6) is 5.75 Å². The van der Waals surface area contributed by atoms with Gasteiger partial charge in [-0.3, -0.25) is 0 Å². The molecule has 0 bridgehead atoms. The molecular formula is C14H23NO2. The molecule has 0 heterocycles. The Morgan fingerprint density at radius 1 is 1.24 bits per heavy atom. The Morgan fingerprint density at radius 2 is 1.94 bits per heavy atom. The number of ether oxygens (including phenoxy) is 1. The molecule has 1 aromatic rings. The van der Waals surface area contributed by atoms with E-state index in [9.17, 15) is 5.11 Å². The van der Waals surface area contributed by atoms with Gasteiger partial charge in [0.1, 0.15) is 5.75 Å². The molecule has 0 aliphatic carbocycles. The van der Waals surface area contributed by atoms with Gasteiger partial charge in [0.05, 0.1) is 12.7 Å². The summed E-state index contributed by atoms with van der Waals surface area (Å²) in [7, 11) is 0. The number of nitrogens with one attached hydrogen (secondary N) is 1. The van der Waals surface area contributed by atoms with Crippen molar-refractivity contribution in [1.29, 1.82) is 0 Å². The number of hydrogen-bond donors (Lipinski definition) is 2. The number of aliphatic hydroxyl groups excluding tert-OH is 1. The van der Waals surface area contributed by atoms with Gasteiger partial charge < -0.3 is 15.2 Å². The lowest BCUT2D eigenvalue weighted by atomic mass is 10.2. The lowest BCUT2D eigenvalue weighted by Crippen LogP contribution is -2.19. The summed E-state index contributed by atoms with van der Waals surface area (Å²) >= 11 is 0. The second kappa shape index (κ2) is 8.09. The Balaban J connectivity index is 2.23. The number of hydrogen-bond acceptors (Lipinski definition) is 3. The van der Waals surface area contributed by atoms with Crippen molar-refractivity contribution in [3.05, 3.63) is 29.8 Å². The Hall–Kier alpha value is -1.06. The molecule has 0 aliphatic heterocycles. The van der Waals surface area contributed by atoms with Crippen LogP contribution in [0.15, 0.2) is 24.3 Å². The highest BCUT2D eigenvalue weighted by atomic mass is 16.5. The fraction of sp³-hybridized carbons (Fsp3) is 0.571.